The zero-order chi connectivity index (χ0) is 36.7. The van der Waals surface area contributed by atoms with E-state index in [-0.39, 0.29) is 128 Å². The molecule has 0 amide bonds. The van der Waals surface area contributed by atoms with Gasteiger partial charge in [-0.1, -0.05) is 13.2 Å². The van der Waals surface area contributed by atoms with E-state index >= 15 is 0 Å². The van der Waals surface area contributed by atoms with Crippen molar-refractivity contribution in [1.29, 1.82) is 0 Å². The van der Waals surface area contributed by atoms with Crippen LogP contribution >= 0.6 is 0 Å². The SMILES string of the molecule is C=C(C)C(=O)Oc1c(OCC)c(OCC)c(Cc2c(OCC)c(OCC)c(OC(=O)C(=C)C)c(OCC)c2OCC)c(OCC)c1OCC. The van der Waals surface area contributed by atoms with Gasteiger partial charge in [0.05, 0.1) is 52.9 Å². The third-order valence-electron chi connectivity index (χ3n) is 6.50. The second kappa shape index (κ2) is 19.9. The maximum atomic E-state index is 12.9. The van der Waals surface area contributed by atoms with Gasteiger partial charge in [-0.25, -0.2) is 9.59 Å². The maximum Gasteiger partial charge on any atom is 0.338 e. The van der Waals surface area contributed by atoms with Gasteiger partial charge < -0.3 is 47.4 Å². The summed E-state index contributed by atoms with van der Waals surface area (Å²) in [4.78, 5) is 25.8. The van der Waals surface area contributed by atoms with Gasteiger partial charge in [-0.3, -0.25) is 0 Å². The van der Waals surface area contributed by atoms with Crippen LogP contribution in [0.4, 0.5) is 0 Å². The predicted molar refractivity (Wildman–Crippen MR) is 186 cm³/mol. The summed E-state index contributed by atoms with van der Waals surface area (Å²) in [5, 5.41) is 0. The van der Waals surface area contributed by atoms with Gasteiger partial charge in [0.15, 0.2) is 23.0 Å². The Labute approximate surface area is 290 Å². The number of ether oxygens (including phenoxy) is 10. The summed E-state index contributed by atoms with van der Waals surface area (Å²) in [6.45, 7) is 26.7. The number of esters is 2. The lowest BCUT2D eigenvalue weighted by atomic mass is 9.97. The number of benzene rings is 2. The second-order valence-corrected chi connectivity index (χ2v) is 10.2. The van der Waals surface area contributed by atoms with E-state index in [4.69, 9.17) is 47.4 Å². The third-order valence-corrected chi connectivity index (χ3v) is 6.50. The van der Waals surface area contributed by atoms with E-state index in [1.165, 1.54) is 13.8 Å². The first-order chi connectivity index (χ1) is 23.5. The van der Waals surface area contributed by atoms with Crippen LogP contribution in [0.3, 0.4) is 0 Å². The molecular weight excluding hydrogens is 636 g/mol. The van der Waals surface area contributed by atoms with E-state index in [0.717, 1.165) is 0 Å². The monoisotopic (exact) mass is 688 g/mol. The highest BCUT2D eigenvalue weighted by Gasteiger charge is 2.36. The summed E-state index contributed by atoms with van der Waals surface area (Å²) >= 11 is 0. The van der Waals surface area contributed by atoms with Crippen molar-refractivity contribution in [1.82, 2.24) is 0 Å². The molecule has 0 bridgehead atoms. The van der Waals surface area contributed by atoms with E-state index in [2.05, 4.69) is 13.2 Å². The average molecular weight is 689 g/mol. The Balaban J connectivity index is 3.28. The fourth-order valence-electron chi connectivity index (χ4n) is 4.71. The summed E-state index contributed by atoms with van der Waals surface area (Å²) < 4.78 is 61.2. The molecule has 0 unspecified atom stereocenters. The van der Waals surface area contributed by atoms with Crippen LogP contribution in [0.2, 0.25) is 0 Å². The summed E-state index contributed by atoms with van der Waals surface area (Å²) in [5.74, 6) is 0.177. The highest BCUT2D eigenvalue weighted by molar-refractivity contribution is 5.91. The van der Waals surface area contributed by atoms with Crippen LogP contribution in [0.5, 0.6) is 57.5 Å². The van der Waals surface area contributed by atoms with Crippen molar-refractivity contribution in [3.8, 4) is 57.5 Å². The lowest BCUT2D eigenvalue weighted by molar-refractivity contribution is -0.131. The normalized spacial score (nSPS) is 10.5. The quantitative estimate of drug-likeness (QED) is 0.0694. The first-order valence-electron chi connectivity index (χ1n) is 16.7. The Hall–Kier alpha value is -4.74. The zero-order valence-electron chi connectivity index (χ0n) is 30.7. The van der Waals surface area contributed by atoms with E-state index < -0.39 is 11.9 Å². The van der Waals surface area contributed by atoms with Crippen molar-refractivity contribution < 1.29 is 57.0 Å². The highest BCUT2D eigenvalue weighted by Crippen LogP contribution is 2.59. The van der Waals surface area contributed by atoms with E-state index in [1.807, 2.05) is 27.7 Å². The van der Waals surface area contributed by atoms with Crippen LogP contribution < -0.4 is 47.4 Å². The third kappa shape index (κ3) is 9.67. The Morgan fingerprint density at radius 3 is 0.776 bits per heavy atom. The molecule has 0 N–H and O–H groups in total. The minimum Gasteiger partial charge on any atom is -0.489 e. The van der Waals surface area contributed by atoms with Crippen molar-refractivity contribution in [2.24, 2.45) is 0 Å². The number of carbonyl (C=O) groups is 2. The Kier molecular flexibility index (Phi) is 16.4. The van der Waals surface area contributed by atoms with Crippen molar-refractivity contribution in [3.05, 3.63) is 35.4 Å². The molecule has 2 aromatic carbocycles. The molecule has 272 valence electrons. The van der Waals surface area contributed by atoms with Gasteiger partial charge in [0.2, 0.25) is 34.5 Å². The molecule has 0 fully saturated rings. The molecule has 0 saturated heterocycles. The minimum atomic E-state index is -0.681. The zero-order valence-corrected chi connectivity index (χ0v) is 30.7. The molecule has 2 aromatic rings. The summed E-state index contributed by atoms with van der Waals surface area (Å²) in [5.41, 5.74) is 1.30. The lowest BCUT2D eigenvalue weighted by Gasteiger charge is -2.27. The number of rotatable bonds is 22. The van der Waals surface area contributed by atoms with Crippen LogP contribution in [0.15, 0.2) is 24.3 Å². The molecule has 0 saturated carbocycles. The molecule has 49 heavy (non-hydrogen) atoms. The van der Waals surface area contributed by atoms with E-state index in [0.29, 0.717) is 11.1 Å². The van der Waals surface area contributed by atoms with Crippen LogP contribution in [0.1, 0.15) is 80.4 Å². The molecule has 0 aromatic heterocycles. The molecule has 12 heteroatoms. The fraction of sp³-hybridized carbons (Fsp3) is 0.514. The predicted octanol–water partition coefficient (Wildman–Crippen LogP) is 7.43. The van der Waals surface area contributed by atoms with Crippen molar-refractivity contribution in [3.63, 3.8) is 0 Å². The smallest absolute Gasteiger partial charge is 0.338 e. The molecule has 12 nitrogen and oxygen atoms in total. The maximum absolute atomic E-state index is 12.9. The molecule has 0 aliphatic rings. The summed E-state index contributed by atoms with van der Waals surface area (Å²) in [6, 6.07) is 0. The van der Waals surface area contributed by atoms with Gasteiger partial charge in [0.25, 0.3) is 0 Å². The van der Waals surface area contributed by atoms with Crippen LogP contribution in [-0.4, -0.2) is 64.8 Å². The standard InChI is InChI=1S/C37H52O12/c1-13-40-26-24(27(41-14-2)31(45-18-6)34(30(26)44-17-5)48-36(38)22(9)10)21-25-28(42-15-3)32(46-19-7)35(49-37(39)23(11)12)33(47-20-8)29(25)43-16-4/h9,11,13-21H2,1-8,10,12H3. The van der Waals surface area contributed by atoms with Crippen LogP contribution in [0, 0.1) is 0 Å². The number of hydrogen-bond acceptors (Lipinski definition) is 12. The molecule has 0 aliphatic carbocycles. The average Bonchev–Trinajstić information content (AvgIpc) is 3.06. The van der Waals surface area contributed by atoms with E-state index in [9.17, 15) is 9.59 Å². The molecule has 0 atom stereocenters. The molecule has 0 aliphatic heterocycles. The van der Waals surface area contributed by atoms with Crippen molar-refractivity contribution in [2.75, 3.05) is 52.9 Å². The number of hydrogen-bond donors (Lipinski definition) is 0. The van der Waals surface area contributed by atoms with Gasteiger partial charge in [-0.2, -0.15) is 0 Å². The van der Waals surface area contributed by atoms with Crippen LogP contribution in [0.25, 0.3) is 0 Å². The largest absolute Gasteiger partial charge is 0.489 e. The Morgan fingerprint density at radius 1 is 0.388 bits per heavy atom. The first kappa shape index (κ1) is 40.4. The van der Waals surface area contributed by atoms with Gasteiger partial charge in [-0.15, -0.1) is 0 Å². The lowest BCUT2D eigenvalue weighted by Crippen LogP contribution is -2.16. The molecule has 0 radical (unpaired) electrons. The molecule has 0 spiro atoms. The summed E-state index contributed by atoms with van der Waals surface area (Å²) in [6.07, 6.45) is 0.0268. The fourth-order valence-corrected chi connectivity index (χ4v) is 4.71. The first-order valence-corrected chi connectivity index (χ1v) is 16.7. The van der Waals surface area contributed by atoms with Crippen molar-refractivity contribution in [2.45, 2.75) is 75.7 Å². The summed E-state index contributed by atoms with van der Waals surface area (Å²) in [7, 11) is 0. The molecular formula is C37H52O12. The van der Waals surface area contributed by atoms with Crippen molar-refractivity contribution >= 4 is 11.9 Å². The Bertz CT molecular complexity index is 1290. The topological polar surface area (TPSA) is 126 Å². The molecule has 2 rings (SSSR count). The van der Waals surface area contributed by atoms with Crippen LogP contribution in [-0.2, 0) is 16.0 Å². The van der Waals surface area contributed by atoms with E-state index in [1.54, 1.807) is 27.7 Å². The van der Waals surface area contributed by atoms with Gasteiger partial charge in [-0.05, 0) is 69.2 Å². The van der Waals surface area contributed by atoms with Gasteiger partial charge >= 0.3 is 11.9 Å². The van der Waals surface area contributed by atoms with Gasteiger partial charge in [0, 0.05) is 28.7 Å². The molecule has 0 heterocycles. The van der Waals surface area contributed by atoms with Gasteiger partial charge in [0.1, 0.15) is 0 Å². The Morgan fingerprint density at radius 2 is 0.592 bits per heavy atom. The number of carbonyl (C=O) groups excluding carboxylic acids is 2. The minimum absolute atomic E-state index is 0.00511. The highest BCUT2D eigenvalue weighted by atomic mass is 16.6. The second-order valence-electron chi connectivity index (χ2n) is 10.2.